The number of hydrogen-bond acceptors (Lipinski definition) is 3. The average molecular weight is 229 g/mol. The van der Waals surface area contributed by atoms with Crippen LogP contribution in [-0.4, -0.2) is 20.5 Å². The Labute approximate surface area is 100 Å². The third kappa shape index (κ3) is 3.52. The molecular formula is C13H15N3O. The number of carbonyl (C=O) groups is 1. The summed E-state index contributed by atoms with van der Waals surface area (Å²) in [7, 11) is 1.88. The van der Waals surface area contributed by atoms with Crippen molar-refractivity contribution < 1.29 is 4.79 Å². The fourth-order valence-corrected chi connectivity index (χ4v) is 1.70. The van der Waals surface area contributed by atoms with Crippen molar-refractivity contribution in [3.63, 3.8) is 0 Å². The van der Waals surface area contributed by atoms with Gasteiger partial charge in [-0.2, -0.15) is 5.10 Å². The summed E-state index contributed by atoms with van der Waals surface area (Å²) < 4.78 is 1.75. The average Bonchev–Trinajstić information content (AvgIpc) is 2.74. The molecule has 0 spiro atoms. The molecule has 0 aliphatic carbocycles. The van der Waals surface area contributed by atoms with E-state index in [0.717, 1.165) is 17.5 Å². The molecule has 0 amide bonds. The van der Waals surface area contributed by atoms with Crippen molar-refractivity contribution in [2.24, 2.45) is 7.05 Å². The zero-order valence-electron chi connectivity index (χ0n) is 9.84. The summed E-state index contributed by atoms with van der Waals surface area (Å²) in [6.45, 7) is 0. The zero-order chi connectivity index (χ0) is 12.1. The topological polar surface area (TPSA) is 47.8 Å². The van der Waals surface area contributed by atoms with E-state index in [2.05, 4.69) is 10.1 Å². The Bertz CT molecular complexity index is 490. The lowest BCUT2D eigenvalue weighted by Gasteiger charge is -1.99. The molecule has 0 N–H and O–H groups in total. The van der Waals surface area contributed by atoms with Gasteiger partial charge in [-0.05, 0) is 23.6 Å². The van der Waals surface area contributed by atoms with E-state index < -0.39 is 0 Å². The molecule has 0 aliphatic heterocycles. The highest BCUT2D eigenvalue weighted by Crippen LogP contribution is 2.05. The molecule has 0 atom stereocenters. The number of aryl methyl sites for hydroxylation is 2. The molecule has 2 aromatic heterocycles. The summed E-state index contributed by atoms with van der Waals surface area (Å²) in [5.74, 6) is 0.238. The van der Waals surface area contributed by atoms with Crippen LogP contribution in [0, 0.1) is 0 Å². The van der Waals surface area contributed by atoms with Crippen LogP contribution in [-0.2, 0) is 24.7 Å². The molecule has 4 heteroatoms. The lowest BCUT2D eigenvalue weighted by molar-refractivity contribution is -0.118. The molecule has 0 saturated heterocycles. The van der Waals surface area contributed by atoms with Crippen LogP contribution in [0.15, 0.2) is 36.9 Å². The number of carbonyl (C=O) groups excluding carboxylic acids is 1. The molecule has 0 radical (unpaired) electrons. The second-order valence-electron chi connectivity index (χ2n) is 4.10. The minimum Gasteiger partial charge on any atom is -0.299 e. The molecule has 88 valence electrons. The molecule has 0 bridgehead atoms. The molecule has 2 heterocycles. The highest BCUT2D eigenvalue weighted by atomic mass is 16.1. The third-order valence-electron chi connectivity index (χ3n) is 2.57. The van der Waals surface area contributed by atoms with Crippen molar-refractivity contribution in [1.29, 1.82) is 0 Å². The van der Waals surface area contributed by atoms with Gasteiger partial charge in [-0.1, -0.05) is 6.07 Å². The maximum atomic E-state index is 11.7. The number of aromatic nitrogens is 3. The Morgan fingerprint density at radius 2 is 2.24 bits per heavy atom. The second-order valence-corrected chi connectivity index (χ2v) is 4.10. The van der Waals surface area contributed by atoms with E-state index in [0.29, 0.717) is 12.8 Å². The van der Waals surface area contributed by atoms with Crippen LogP contribution in [0.2, 0.25) is 0 Å². The monoisotopic (exact) mass is 229 g/mol. The fourth-order valence-electron chi connectivity index (χ4n) is 1.70. The smallest absolute Gasteiger partial charge is 0.137 e. The van der Waals surface area contributed by atoms with Crippen molar-refractivity contribution in [2.75, 3.05) is 0 Å². The van der Waals surface area contributed by atoms with Crippen molar-refractivity contribution in [3.05, 3.63) is 48.0 Å². The molecule has 2 rings (SSSR count). The van der Waals surface area contributed by atoms with Gasteiger partial charge in [0.2, 0.25) is 0 Å². The summed E-state index contributed by atoms with van der Waals surface area (Å²) >= 11 is 0. The minimum absolute atomic E-state index is 0.238. The van der Waals surface area contributed by atoms with E-state index in [1.807, 2.05) is 25.4 Å². The summed E-state index contributed by atoms with van der Waals surface area (Å²) in [6, 6.07) is 3.78. The van der Waals surface area contributed by atoms with Crippen molar-refractivity contribution in [2.45, 2.75) is 19.3 Å². The van der Waals surface area contributed by atoms with E-state index in [1.54, 1.807) is 23.3 Å². The molecule has 17 heavy (non-hydrogen) atoms. The van der Waals surface area contributed by atoms with E-state index >= 15 is 0 Å². The highest BCUT2D eigenvalue weighted by molar-refractivity contribution is 5.80. The number of ketones is 1. The lowest BCUT2D eigenvalue weighted by atomic mass is 10.1. The maximum Gasteiger partial charge on any atom is 0.137 e. The van der Waals surface area contributed by atoms with Gasteiger partial charge < -0.3 is 0 Å². The van der Waals surface area contributed by atoms with Gasteiger partial charge >= 0.3 is 0 Å². The Morgan fingerprint density at radius 3 is 2.88 bits per heavy atom. The molecule has 0 aromatic carbocycles. The first kappa shape index (κ1) is 11.5. The summed E-state index contributed by atoms with van der Waals surface area (Å²) in [5, 5.41) is 4.07. The standard InChI is InChI=1S/C13H15N3O/c1-16-10-12(9-15-16)4-5-13(17)7-11-3-2-6-14-8-11/h2-3,6,8-10H,4-5,7H2,1H3. The van der Waals surface area contributed by atoms with Gasteiger partial charge in [0, 0.05) is 38.5 Å². The zero-order valence-corrected chi connectivity index (χ0v) is 9.84. The molecule has 2 aromatic rings. The number of rotatable bonds is 5. The van der Waals surface area contributed by atoms with Crippen LogP contribution in [0.5, 0.6) is 0 Å². The summed E-state index contributed by atoms with van der Waals surface area (Å²) in [6.07, 6.45) is 8.97. The van der Waals surface area contributed by atoms with E-state index in [-0.39, 0.29) is 5.78 Å². The first-order valence-corrected chi connectivity index (χ1v) is 5.62. The van der Waals surface area contributed by atoms with Crippen LogP contribution in [0.25, 0.3) is 0 Å². The van der Waals surface area contributed by atoms with Gasteiger partial charge in [-0.3, -0.25) is 14.5 Å². The third-order valence-corrected chi connectivity index (χ3v) is 2.57. The van der Waals surface area contributed by atoms with Gasteiger partial charge in [0.05, 0.1) is 6.20 Å². The molecule has 0 unspecified atom stereocenters. The molecule has 4 nitrogen and oxygen atoms in total. The van der Waals surface area contributed by atoms with Gasteiger partial charge in [0.1, 0.15) is 5.78 Å². The largest absolute Gasteiger partial charge is 0.299 e. The van der Waals surface area contributed by atoms with Gasteiger partial charge in [0.25, 0.3) is 0 Å². The lowest BCUT2D eigenvalue weighted by Crippen LogP contribution is -2.04. The van der Waals surface area contributed by atoms with Crippen molar-refractivity contribution >= 4 is 5.78 Å². The van der Waals surface area contributed by atoms with Crippen molar-refractivity contribution in [3.8, 4) is 0 Å². The summed E-state index contributed by atoms with van der Waals surface area (Å²) in [4.78, 5) is 15.7. The van der Waals surface area contributed by atoms with Crippen LogP contribution in [0.1, 0.15) is 17.5 Å². The maximum absolute atomic E-state index is 11.7. The number of hydrogen-bond donors (Lipinski definition) is 0. The predicted octanol–water partition coefficient (Wildman–Crippen LogP) is 1.56. The fraction of sp³-hybridized carbons (Fsp3) is 0.308. The first-order chi connectivity index (χ1) is 8.24. The molecule has 0 fully saturated rings. The quantitative estimate of drug-likeness (QED) is 0.781. The SMILES string of the molecule is Cn1cc(CCC(=O)Cc2cccnc2)cn1. The van der Waals surface area contributed by atoms with Crippen LogP contribution >= 0.6 is 0 Å². The number of nitrogens with zero attached hydrogens (tertiary/aromatic N) is 3. The Kier molecular flexibility index (Phi) is 3.65. The minimum atomic E-state index is 0.238. The van der Waals surface area contributed by atoms with Crippen LogP contribution in [0.3, 0.4) is 0 Å². The van der Waals surface area contributed by atoms with E-state index in [1.165, 1.54) is 0 Å². The predicted molar refractivity (Wildman–Crippen MR) is 64.5 cm³/mol. The highest BCUT2D eigenvalue weighted by Gasteiger charge is 2.05. The molecule has 0 aliphatic rings. The van der Waals surface area contributed by atoms with Crippen LogP contribution < -0.4 is 0 Å². The van der Waals surface area contributed by atoms with E-state index in [4.69, 9.17) is 0 Å². The number of Topliss-reactive ketones (excluding diaryl/α,β-unsaturated/α-hetero) is 1. The summed E-state index contributed by atoms with van der Waals surface area (Å²) in [5.41, 5.74) is 2.08. The Balaban J connectivity index is 1.82. The van der Waals surface area contributed by atoms with Gasteiger partial charge in [-0.15, -0.1) is 0 Å². The van der Waals surface area contributed by atoms with Crippen molar-refractivity contribution in [1.82, 2.24) is 14.8 Å². The Morgan fingerprint density at radius 1 is 1.35 bits per heavy atom. The second kappa shape index (κ2) is 5.39. The molecule has 0 saturated carbocycles. The normalized spacial score (nSPS) is 10.4. The number of pyridine rings is 1. The van der Waals surface area contributed by atoms with Crippen LogP contribution in [0.4, 0.5) is 0 Å². The van der Waals surface area contributed by atoms with E-state index in [9.17, 15) is 4.79 Å². The first-order valence-electron chi connectivity index (χ1n) is 5.62. The van der Waals surface area contributed by atoms with Gasteiger partial charge in [-0.25, -0.2) is 0 Å². The molecular weight excluding hydrogens is 214 g/mol. The van der Waals surface area contributed by atoms with Gasteiger partial charge in [0.15, 0.2) is 0 Å². The Hall–Kier alpha value is -1.97.